The lowest BCUT2D eigenvalue weighted by atomic mass is 10.2. The van der Waals surface area contributed by atoms with Gasteiger partial charge in [0.25, 0.3) is 5.91 Å². The molecule has 2 aliphatic rings. The van der Waals surface area contributed by atoms with E-state index in [9.17, 15) is 4.79 Å². The first kappa shape index (κ1) is 14.8. The van der Waals surface area contributed by atoms with Crippen LogP contribution in [0.5, 0.6) is 0 Å². The lowest BCUT2D eigenvalue weighted by molar-refractivity contribution is 0.0779. The maximum Gasteiger partial charge on any atom is 0.255 e. The number of rotatable bonds is 2. The highest BCUT2D eigenvalue weighted by atomic mass is 127. The number of amides is 1. The second kappa shape index (κ2) is 6.32. The summed E-state index contributed by atoms with van der Waals surface area (Å²) in [6, 6.07) is 6.49. The Morgan fingerprint density at radius 2 is 2.00 bits per heavy atom. The van der Waals surface area contributed by atoms with Crippen LogP contribution in [0.4, 0.5) is 0 Å². The fraction of sp³-hybridized carbons (Fsp3) is 0.533. The van der Waals surface area contributed by atoms with Gasteiger partial charge in [0.1, 0.15) is 0 Å². The number of halogens is 2. The van der Waals surface area contributed by atoms with Crippen molar-refractivity contribution >= 4 is 44.4 Å². The van der Waals surface area contributed by atoms with Crippen LogP contribution in [0, 0.1) is 3.57 Å². The molecule has 0 aromatic heterocycles. The molecule has 108 valence electrons. The standard InChI is InChI=1S/C15H18BrIN2O/c16-11-3-4-14(17)13(9-11)15(20)19-8-5-12(10-19)18-6-1-2-7-18/h3-4,9,12H,1-2,5-8,10H2. The molecule has 0 spiro atoms. The summed E-state index contributed by atoms with van der Waals surface area (Å²) in [6.07, 6.45) is 3.75. The third-order valence-electron chi connectivity index (χ3n) is 4.27. The van der Waals surface area contributed by atoms with Crippen molar-refractivity contribution in [3.63, 3.8) is 0 Å². The third kappa shape index (κ3) is 3.04. The Balaban J connectivity index is 1.70. The Bertz CT molecular complexity index is 517. The van der Waals surface area contributed by atoms with Crippen molar-refractivity contribution in [2.45, 2.75) is 25.3 Å². The van der Waals surface area contributed by atoms with Gasteiger partial charge in [0, 0.05) is 27.2 Å². The minimum atomic E-state index is 0.178. The van der Waals surface area contributed by atoms with E-state index < -0.39 is 0 Å². The molecule has 3 rings (SSSR count). The molecule has 0 aliphatic carbocycles. The summed E-state index contributed by atoms with van der Waals surface area (Å²) in [4.78, 5) is 17.2. The molecular formula is C15H18BrIN2O. The zero-order valence-corrected chi connectivity index (χ0v) is 15.1. The van der Waals surface area contributed by atoms with Crippen LogP contribution in [0.25, 0.3) is 0 Å². The quantitative estimate of drug-likeness (QED) is 0.647. The van der Waals surface area contributed by atoms with E-state index in [2.05, 4.69) is 43.4 Å². The van der Waals surface area contributed by atoms with Gasteiger partial charge in [-0.05, 0) is 73.1 Å². The van der Waals surface area contributed by atoms with Crippen molar-refractivity contribution in [1.29, 1.82) is 0 Å². The minimum Gasteiger partial charge on any atom is -0.337 e. The maximum absolute atomic E-state index is 12.7. The van der Waals surface area contributed by atoms with Gasteiger partial charge < -0.3 is 4.90 Å². The molecule has 2 heterocycles. The molecule has 20 heavy (non-hydrogen) atoms. The monoisotopic (exact) mass is 448 g/mol. The van der Waals surface area contributed by atoms with Crippen LogP contribution >= 0.6 is 38.5 Å². The summed E-state index contributed by atoms with van der Waals surface area (Å²) in [5, 5.41) is 0. The first-order valence-electron chi connectivity index (χ1n) is 7.13. The minimum absolute atomic E-state index is 0.178. The van der Waals surface area contributed by atoms with Gasteiger partial charge in [0.05, 0.1) is 5.56 Å². The fourth-order valence-corrected chi connectivity index (χ4v) is 4.09. The van der Waals surface area contributed by atoms with Gasteiger partial charge >= 0.3 is 0 Å². The molecule has 1 aromatic carbocycles. The Morgan fingerprint density at radius 3 is 2.75 bits per heavy atom. The number of likely N-dealkylation sites (tertiary alicyclic amines) is 2. The van der Waals surface area contributed by atoms with E-state index in [1.165, 1.54) is 25.9 Å². The lowest BCUT2D eigenvalue weighted by Crippen LogP contribution is -2.37. The second-order valence-electron chi connectivity index (χ2n) is 5.56. The highest BCUT2D eigenvalue weighted by Crippen LogP contribution is 2.24. The normalized spacial score (nSPS) is 23.5. The second-order valence-corrected chi connectivity index (χ2v) is 7.64. The average molecular weight is 449 g/mol. The van der Waals surface area contributed by atoms with E-state index in [4.69, 9.17) is 0 Å². The van der Waals surface area contributed by atoms with Gasteiger partial charge in [0.2, 0.25) is 0 Å². The first-order chi connectivity index (χ1) is 9.65. The highest BCUT2D eigenvalue weighted by molar-refractivity contribution is 14.1. The largest absolute Gasteiger partial charge is 0.337 e. The summed E-state index contributed by atoms with van der Waals surface area (Å²) >= 11 is 5.70. The SMILES string of the molecule is O=C(c1cc(Br)ccc1I)N1CCC(N2CCCC2)C1. The molecule has 0 saturated carbocycles. The van der Waals surface area contributed by atoms with Crippen molar-refractivity contribution in [2.75, 3.05) is 26.2 Å². The van der Waals surface area contributed by atoms with E-state index in [0.29, 0.717) is 6.04 Å². The Morgan fingerprint density at radius 1 is 1.25 bits per heavy atom. The van der Waals surface area contributed by atoms with Crippen LogP contribution in [0.3, 0.4) is 0 Å². The van der Waals surface area contributed by atoms with Crippen LogP contribution < -0.4 is 0 Å². The molecule has 2 fully saturated rings. The number of hydrogen-bond donors (Lipinski definition) is 0. The number of carbonyl (C=O) groups excluding carboxylic acids is 1. The number of nitrogens with zero attached hydrogens (tertiary/aromatic N) is 2. The molecule has 2 aliphatic heterocycles. The van der Waals surface area contributed by atoms with Crippen molar-refractivity contribution in [3.8, 4) is 0 Å². The Labute approximate surface area is 142 Å². The molecule has 0 radical (unpaired) electrons. The summed E-state index contributed by atoms with van der Waals surface area (Å²) in [5.41, 5.74) is 0.821. The lowest BCUT2D eigenvalue weighted by Gasteiger charge is -2.23. The van der Waals surface area contributed by atoms with Crippen LogP contribution in [-0.2, 0) is 0 Å². The van der Waals surface area contributed by atoms with Crippen LogP contribution in [0.15, 0.2) is 22.7 Å². The summed E-state index contributed by atoms with van der Waals surface area (Å²) in [6.45, 7) is 4.20. The predicted molar refractivity (Wildman–Crippen MR) is 92.0 cm³/mol. The predicted octanol–water partition coefficient (Wildman–Crippen LogP) is 3.36. The summed E-state index contributed by atoms with van der Waals surface area (Å²) in [5.74, 6) is 0.178. The van der Waals surface area contributed by atoms with Crippen molar-refractivity contribution < 1.29 is 4.79 Å². The van der Waals surface area contributed by atoms with Gasteiger partial charge in [0.15, 0.2) is 0 Å². The van der Waals surface area contributed by atoms with E-state index >= 15 is 0 Å². The van der Waals surface area contributed by atoms with Gasteiger partial charge in [-0.15, -0.1) is 0 Å². The molecule has 0 N–H and O–H groups in total. The first-order valence-corrected chi connectivity index (χ1v) is 9.01. The maximum atomic E-state index is 12.7. The Kier molecular flexibility index (Phi) is 4.67. The van der Waals surface area contributed by atoms with Crippen molar-refractivity contribution in [2.24, 2.45) is 0 Å². The topological polar surface area (TPSA) is 23.6 Å². The number of hydrogen-bond acceptors (Lipinski definition) is 2. The van der Waals surface area contributed by atoms with E-state index in [0.717, 1.165) is 33.1 Å². The third-order valence-corrected chi connectivity index (χ3v) is 5.70. The summed E-state index contributed by atoms with van der Waals surface area (Å²) < 4.78 is 2.00. The molecule has 1 atom stereocenters. The average Bonchev–Trinajstić information content (AvgIpc) is 3.10. The van der Waals surface area contributed by atoms with E-state index in [-0.39, 0.29) is 5.91 Å². The van der Waals surface area contributed by atoms with Gasteiger partial charge in [-0.3, -0.25) is 9.69 Å². The van der Waals surface area contributed by atoms with Crippen LogP contribution in [0.1, 0.15) is 29.6 Å². The number of benzene rings is 1. The van der Waals surface area contributed by atoms with Crippen LogP contribution in [0.2, 0.25) is 0 Å². The van der Waals surface area contributed by atoms with E-state index in [1.807, 2.05) is 23.1 Å². The molecule has 1 aromatic rings. The molecule has 1 unspecified atom stereocenters. The molecule has 5 heteroatoms. The van der Waals surface area contributed by atoms with Crippen molar-refractivity contribution in [1.82, 2.24) is 9.80 Å². The molecular weight excluding hydrogens is 431 g/mol. The zero-order valence-electron chi connectivity index (χ0n) is 11.3. The van der Waals surface area contributed by atoms with Crippen molar-refractivity contribution in [3.05, 3.63) is 31.8 Å². The van der Waals surface area contributed by atoms with Crippen LogP contribution in [-0.4, -0.2) is 47.9 Å². The zero-order chi connectivity index (χ0) is 14.1. The van der Waals surface area contributed by atoms with Gasteiger partial charge in [-0.1, -0.05) is 15.9 Å². The Hall–Kier alpha value is -0.140. The molecule has 2 saturated heterocycles. The fourth-order valence-electron chi connectivity index (χ4n) is 3.16. The molecule has 1 amide bonds. The van der Waals surface area contributed by atoms with Gasteiger partial charge in [-0.2, -0.15) is 0 Å². The summed E-state index contributed by atoms with van der Waals surface area (Å²) in [7, 11) is 0. The number of carbonyl (C=O) groups is 1. The smallest absolute Gasteiger partial charge is 0.255 e. The van der Waals surface area contributed by atoms with E-state index in [1.54, 1.807) is 0 Å². The van der Waals surface area contributed by atoms with Gasteiger partial charge in [-0.25, -0.2) is 0 Å². The highest BCUT2D eigenvalue weighted by Gasteiger charge is 2.32. The molecule has 3 nitrogen and oxygen atoms in total. The molecule has 0 bridgehead atoms.